The standard InChI is InChI=1S/C10H9BrN2O/c11-9-3-1-2-8(6-9)7-13-5-4-10(14)12-13/h1-3,6-7H,4-5H2/p+1/b13-7+. The van der Waals surface area contributed by atoms with Crippen LogP contribution in [0.25, 0.3) is 0 Å². The molecule has 1 aromatic rings. The maximum Gasteiger partial charge on any atom is 0.280 e. The van der Waals surface area contributed by atoms with Crippen LogP contribution in [0.15, 0.2) is 28.7 Å². The molecule has 0 bridgehead atoms. The Balaban J connectivity index is 2.21. The molecule has 14 heavy (non-hydrogen) atoms. The highest BCUT2D eigenvalue weighted by molar-refractivity contribution is 9.10. The largest absolute Gasteiger partial charge is 0.280 e. The lowest BCUT2D eigenvalue weighted by molar-refractivity contribution is -0.553. The van der Waals surface area contributed by atoms with E-state index in [9.17, 15) is 4.79 Å². The molecule has 1 N–H and O–H groups in total. The van der Waals surface area contributed by atoms with E-state index >= 15 is 0 Å². The Morgan fingerprint density at radius 1 is 1.50 bits per heavy atom. The summed E-state index contributed by atoms with van der Waals surface area (Å²) in [5.74, 6) is 0.0799. The molecule has 1 aromatic carbocycles. The first-order valence-corrected chi connectivity index (χ1v) is 5.20. The number of nitrogens with one attached hydrogen (secondary N) is 1. The van der Waals surface area contributed by atoms with Crippen molar-refractivity contribution in [1.82, 2.24) is 5.43 Å². The molecule has 1 amide bonds. The number of benzene rings is 1. The van der Waals surface area contributed by atoms with E-state index < -0.39 is 0 Å². The van der Waals surface area contributed by atoms with Crippen LogP contribution in [0.2, 0.25) is 0 Å². The highest BCUT2D eigenvalue weighted by Gasteiger charge is 2.20. The molecule has 1 aliphatic rings. The molecular weight excluding hydrogens is 244 g/mol. The predicted molar refractivity (Wildman–Crippen MR) is 57.2 cm³/mol. The van der Waals surface area contributed by atoms with Gasteiger partial charge in [-0.1, -0.05) is 22.0 Å². The van der Waals surface area contributed by atoms with E-state index in [0.29, 0.717) is 6.42 Å². The van der Waals surface area contributed by atoms with Gasteiger partial charge in [0.25, 0.3) is 5.91 Å². The molecule has 0 radical (unpaired) electrons. The third kappa shape index (κ3) is 2.20. The van der Waals surface area contributed by atoms with Crippen molar-refractivity contribution < 1.29 is 9.48 Å². The van der Waals surface area contributed by atoms with Gasteiger partial charge in [0.05, 0.1) is 6.42 Å². The van der Waals surface area contributed by atoms with Gasteiger partial charge in [0.1, 0.15) is 0 Å². The highest BCUT2D eigenvalue weighted by Crippen LogP contribution is 2.10. The summed E-state index contributed by atoms with van der Waals surface area (Å²) in [6.45, 7) is 0.741. The Hall–Kier alpha value is -1.16. The van der Waals surface area contributed by atoms with Gasteiger partial charge < -0.3 is 0 Å². The Morgan fingerprint density at radius 2 is 2.36 bits per heavy atom. The van der Waals surface area contributed by atoms with Gasteiger partial charge >= 0.3 is 0 Å². The summed E-state index contributed by atoms with van der Waals surface area (Å²) in [6.07, 6.45) is 2.50. The SMILES string of the molecule is O=C1CC/[N+](=C\c2cccc(Br)c2)N1. The molecule has 0 aromatic heterocycles. The number of amides is 1. The molecule has 1 saturated heterocycles. The van der Waals surface area contributed by atoms with Crippen molar-refractivity contribution in [3.63, 3.8) is 0 Å². The minimum absolute atomic E-state index is 0.0799. The van der Waals surface area contributed by atoms with Crippen LogP contribution in [0.4, 0.5) is 0 Å². The van der Waals surface area contributed by atoms with Crippen molar-refractivity contribution in [3.8, 4) is 0 Å². The second-order valence-electron chi connectivity index (χ2n) is 3.16. The fourth-order valence-electron chi connectivity index (χ4n) is 1.36. The Bertz CT molecular complexity index is 401. The minimum atomic E-state index is 0.0799. The summed E-state index contributed by atoms with van der Waals surface area (Å²) in [5.41, 5.74) is 3.82. The van der Waals surface area contributed by atoms with Crippen molar-refractivity contribution in [1.29, 1.82) is 0 Å². The lowest BCUT2D eigenvalue weighted by atomic mass is 10.2. The van der Waals surface area contributed by atoms with Crippen molar-refractivity contribution in [2.45, 2.75) is 6.42 Å². The summed E-state index contributed by atoms with van der Waals surface area (Å²) in [4.78, 5) is 10.9. The van der Waals surface area contributed by atoms with E-state index in [4.69, 9.17) is 0 Å². The van der Waals surface area contributed by atoms with Gasteiger partial charge in [-0.25, -0.2) is 0 Å². The van der Waals surface area contributed by atoms with Crippen LogP contribution in [-0.4, -0.2) is 23.4 Å². The minimum Gasteiger partial charge on any atom is -0.269 e. The van der Waals surface area contributed by atoms with Gasteiger partial charge in [0.15, 0.2) is 6.54 Å². The topological polar surface area (TPSA) is 32.1 Å². The molecule has 0 aliphatic carbocycles. The first kappa shape index (κ1) is 9.40. The molecule has 1 aliphatic heterocycles. The molecule has 2 rings (SSSR count). The molecule has 0 saturated carbocycles. The normalized spacial score (nSPS) is 18.6. The van der Waals surface area contributed by atoms with Gasteiger partial charge in [0, 0.05) is 10.0 Å². The molecule has 1 heterocycles. The third-order valence-corrected chi connectivity index (χ3v) is 2.49. The molecule has 4 heteroatoms. The summed E-state index contributed by atoms with van der Waals surface area (Å²) in [6, 6.07) is 7.94. The van der Waals surface area contributed by atoms with E-state index in [1.54, 1.807) is 0 Å². The fourth-order valence-corrected chi connectivity index (χ4v) is 1.77. The van der Waals surface area contributed by atoms with Gasteiger partial charge in [-0.05, 0) is 18.2 Å². The summed E-state index contributed by atoms with van der Waals surface area (Å²) in [7, 11) is 0. The Labute approximate surface area is 90.5 Å². The maximum absolute atomic E-state index is 10.9. The first-order chi connectivity index (χ1) is 6.74. The highest BCUT2D eigenvalue weighted by atomic mass is 79.9. The van der Waals surface area contributed by atoms with Crippen LogP contribution in [0, 0.1) is 0 Å². The van der Waals surface area contributed by atoms with Crippen LogP contribution >= 0.6 is 15.9 Å². The van der Waals surface area contributed by atoms with Crippen LogP contribution in [0.5, 0.6) is 0 Å². The van der Waals surface area contributed by atoms with Crippen LogP contribution < -0.4 is 5.43 Å². The van der Waals surface area contributed by atoms with Crippen LogP contribution in [0.3, 0.4) is 0 Å². The number of hydrogen-bond acceptors (Lipinski definition) is 1. The second kappa shape index (κ2) is 3.92. The summed E-state index contributed by atoms with van der Waals surface area (Å²) >= 11 is 3.40. The molecule has 72 valence electrons. The smallest absolute Gasteiger partial charge is 0.269 e. The lowest BCUT2D eigenvalue weighted by Gasteiger charge is -1.93. The molecule has 0 spiro atoms. The number of hydrogen-bond donors (Lipinski definition) is 1. The molecular formula is C10H10BrN2O+. The quantitative estimate of drug-likeness (QED) is 0.753. The fraction of sp³-hybridized carbons (Fsp3) is 0.200. The number of carbonyl (C=O) groups is 1. The van der Waals surface area contributed by atoms with Crippen molar-refractivity contribution >= 4 is 28.1 Å². The molecule has 0 atom stereocenters. The lowest BCUT2D eigenvalue weighted by Crippen LogP contribution is -2.25. The number of hydrazine groups is 1. The molecule has 0 unspecified atom stereocenters. The van der Waals surface area contributed by atoms with E-state index in [-0.39, 0.29) is 5.91 Å². The monoisotopic (exact) mass is 253 g/mol. The number of nitrogens with zero attached hydrogens (tertiary/aromatic N) is 1. The van der Waals surface area contributed by atoms with Gasteiger partial charge in [-0.15, -0.1) is 10.1 Å². The zero-order valence-electron chi connectivity index (χ0n) is 7.53. The summed E-state index contributed by atoms with van der Waals surface area (Å²) in [5, 5.41) is 0. The average molecular weight is 254 g/mol. The van der Waals surface area contributed by atoms with Gasteiger partial charge in [0.2, 0.25) is 6.21 Å². The van der Waals surface area contributed by atoms with E-state index in [1.165, 1.54) is 0 Å². The first-order valence-electron chi connectivity index (χ1n) is 4.40. The zero-order valence-corrected chi connectivity index (χ0v) is 9.12. The van der Waals surface area contributed by atoms with Crippen molar-refractivity contribution in [3.05, 3.63) is 34.3 Å². The summed E-state index contributed by atoms with van der Waals surface area (Å²) < 4.78 is 2.85. The van der Waals surface area contributed by atoms with Crippen LogP contribution in [0.1, 0.15) is 12.0 Å². The van der Waals surface area contributed by atoms with Crippen LogP contribution in [-0.2, 0) is 4.79 Å². The number of rotatable bonds is 1. The maximum atomic E-state index is 10.9. The van der Waals surface area contributed by atoms with Crippen molar-refractivity contribution in [2.24, 2.45) is 0 Å². The average Bonchev–Trinajstić information content (AvgIpc) is 2.51. The van der Waals surface area contributed by atoms with E-state index in [1.807, 2.05) is 35.2 Å². The van der Waals surface area contributed by atoms with E-state index in [2.05, 4.69) is 21.4 Å². The number of halogens is 1. The van der Waals surface area contributed by atoms with Crippen molar-refractivity contribution in [2.75, 3.05) is 6.54 Å². The Kier molecular flexibility index (Phi) is 2.63. The third-order valence-electron chi connectivity index (χ3n) is 2.00. The molecule has 1 fully saturated rings. The van der Waals surface area contributed by atoms with Gasteiger partial charge in [-0.2, -0.15) is 0 Å². The predicted octanol–water partition coefficient (Wildman–Crippen LogP) is 1.32. The van der Waals surface area contributed by atoms with E-state index in [0.717, 1.165) is 16.6 Å². The molecule has 3 nitrogen and oxygen atoms in total. The Morgan fingerprint density at radius 3 is 3.00 bits per heavy atom. The number of carbonyl (C=O) groups excluding carboxylic acids is 1. The second-order valence-corrected chi connectivity index (χ2v) is 4.08. The zero-order chi connectivity index (χ0) is 9.97. The number of hydrazone groups is 1. The van der Waals surface area contributed by atoms with Gasteiger partial charge in [-0.3, -0.25) is 4.79 Å².